The molecule has 1 aromatic heterocycles. The average molecular weight is 319 g/mol. The molecule has 19 heavy (non-hydrogen) atoms. The summed E-state index contributed by atoms with van der Waals surface area (Å²) in [7, 11) is 0. The van der Waals surface area contributed by atoms with Gasteiger partial charge in [-0.25, -0.2) is 9.78 Å². The highest BCUT2D eigenvalue weighted by Crippen LogP contribution is 2.30. The van der Waals surface area contributed by atoms with Gasteiger partial charge in [0.1, 0.15) is 16.5 Å². The molecule has 0 atom stereocenters. The van der Waals surface area contributed by atoms with E-state index in [-0.39, 0.29) is 21.6 Å². The van der Waals surface area contributed by atoms with E-state index in [9.17, 15) is 4.79 Å². The van der Waals surface area contributed by atoms with Crippen LogP contribution in [-0.4, -0.2) is 16.1 Å². The molecule has 0 bridgehead atoms. The molecule has 0 spiro atoms. The van der Waals surface area contributed by atoms with E-state index in [4.69, 9.17) is 44.6 Å². The number of aromatic nitrogens is 1. The molecule has 1 N–H and O–H groups in total. The van der Waals surface area contributed by atoms with Gasteiger partial charge in [-0.2, -0.15) is 0 Å². The highest BCUT2D eigenvalue weighted by atomic mass is 35.5. The predicted octanol–water partition coefficient (Wildman–Crippen LogP) is 4.53. The topological polar surface area (TPSA) is 59.4 Å². The van der Waals surface area contributed by atoms with E-state index in [0.29, 0.717) is 10.8 Å². The molecule has 1 heterocycles. The van der Waals surface area contributed by atoms with Crippen molar-refractivity contribution in [3.05, 3.63) is 51.1 Å². The number of ether oxygens (including phenoxy) is 1. The molecule has 0 unspecified atom stereocenters. The van der Waals surface area contributed by atoms with Gasteiger partial charge in [-0.1, -0.05) is 34.8 Å². The molecule has 98 valence electrons. The van der Waals surface area contributed by atoms with Crippen molar-refractivity contribution in [1.29, 1.82) is 0 Å². The largest absolute Gasteiger partial charge is 0.477 e. The first kappa shape index (κ1) is 13.9. The first-order valence-electron chi connectivity index (χ1n) is 5.00. The van der Waals surface area contributed by atoms with E-state index in [1.807, 2.05) is 0 Å². The lowest BCUT2D eigenvalue weighted by Crippen LogP contribution is -2.02. The van der Waals surface area contributed by atoms with Crippen molar-refractivity contribution in [2.24, 2.45) is 0 Å². The number of halogens is 3. The van der Waals surface area contributed by atoms with Crippen LogP contribution in [0.1, 0.15) is 10.4 Å². The molecule has 2 aromatic rings. The second kappa shape index (κ2) is 5.65. The molecular weight excluding hydrogens is 312 g/mol. The highest BCUT2D eigenvalue weighted by Gasteiger charge is 2.14. The summed E-state index contributed by atoms with van der Waals surface area (Å²) in [6.45, 7) is 0. The summed E-state index contributed by atoms with van der Waals surface area (Å²) in [4.78, 5) is 14.9. The zero-order chi connectivity index (χ0) is 14.0. The quantitative estimate of drug-likeness (QED) is 0.844. The maximum atomic E-state index is 11.0. The van der Waals surface area contributed by atoms with E-state index in [2.05, 4.69) is 4.98 Å². The maximum Gasteiger partial charge on any atom is 0.341 e. The number of pyridine rings is 1. The standard InChI is InChI=1S/C12H6Cl3NO3/c13-8-3-1-6(5-9(8)14)19-11-7(12(17)18)2-4-10(15)16-11/h1-5H,(H,17,18). The zero-order valence-electron chi connectivity index (χ0n) is 9.23. The molecule has 0 aliphatic heterocycles. The van der Waals surface area contributed by atoms with Crippen LogP contribution in [-0.2, 0) is 0 Å². The molecule has 0 aliphatic rings. The number of rotatable bonds is 3. The molecule has 0 amide bonds. The molecular formula is C12H6Cl3NO3. The summed E-state index contributed by atoms with van der Waals surface area (Å²) in [5.41, 5.74) is -0.101. The number of aromatic carboxylic acids is 1. The van der Waals surface area contributed by atoms with E-state index >= 15 is 0 Å². The summed E-state index contributed by atoms with van der Waals surface area (Å²) in [6.07, 6.45) is 0. The third-order valence-corrected chi connectivity index (χ3v) is 3.11. The minimum absolute atomic E-state index is 0.101. The molecule has 0 aliphatic carbocycles. The highest BCUT2D eigenvalue weighted by molar-refractivity contribution is 6.42. The van der Waals surface area contributed by atoms with Crippen LogP contribution in [0.4, 0.5) is 0 Å². The predicted molar refractivity (Wildman–Crippen MR) is 72.7 cm³/mol. The van der Waals surface area contributed by atoms with Crippen LogP contribution in [0, 0.1) is 0 Å². The first-order valence-corrected chi connectivity index (χ1v) is 6.13. The fourth-order valence-corrected chi connectivity index (χ4v) is 1.74. The number of hydrogen-bond donors (Lipinski definition) is 1. The molecule has 1 aromatic carbocycles. The summed E-state index contributed by atoms with van der Waals surface area (Å²) >= 11 is 17.3. The van der Waals surface area contributed by atoms with Gasteiger partial charge in [0.25, 0.3) is 0 Å². The third-order valence-electron chi connectivity index (χ3n) is 2.16. The molecule has 0 radical (unpaired) electrons. The molecule has 2 rings (SSSR count). The van der Waals surface area contributed by atoms with E-state index in [1.165, 1.54) is 24.3 Å². The van der Waals surface area contributed by atoms with Crippen LogP contribution in [0.25, 0.3) is 0 Å². The normalized spacial score (nSPS) is 10.3. The summed E-state index contributed by atoms with van der Waals surface area (Å²) < 4.78 is 5.37. The molecule has 0 saturated carbocycles. The van der Waals surface area contributed by atoms with Gasteiger partial charge >= 0.3 is 5.97 Å². The fraction of sp³-hybridized carbons (Fsp3) is 0. The molecule has 7 heteroatoms. The van der Waals surface area contributed by atoms with Crippen molar-refractivity contribution in [2.45, 2.75) is 0 Å². The minimum Gasteiger partial charge on any atom is -0.477 e. The Bertz CT molecular complexity index is 646. The lowest BCUT2D eigenvalue weighted by molar-refractivity contribution is 0.0693. The van der Waals surface area contributed by atoms with Gasteiger partial charge in [0.05, 0.1) is 10.0 Å². The van der Waals surface area contributed by atoms with E-state index < -0.39 is 5.97 Å². The molecule has 0 saturated heterocycles. The van der Waals surface area contributed by atoms with Crippen molar-refractivity contribution >= 4 is 40.8 Å². The third kappa shape index (κ3) is 3.29. The Kier molecular flexibility index (Phi) is 4.14. The SMILES string of the molecule is O=C(O)c1ccc(Cl)nc1Oc1ccc(Cl)c(Cl)c1. The van der Waals surface area contributed by atoms with Crippen LogP contribution >= 0.6 is 34.8 Å². The molecule has 4 nitrogen and oxygen atoms in total. The Morgan fingerprint density at radius 2 is 1.84 bits per heavy atom. The Labute approximate surface area is 123 Å². The molecule has 0 fully saturated rings. The number of benzene rings is 1. The Morgan fingerprint density at radius 3 is 2.47 bits per heavy atom. The van der Waals surface area contributed by atoms with Gasteiger partial charge in [-0.3, -0.25) is 0 Å². The number of hydrogen-bond acceptors (Lipinski definition) is 3. The lowest BCUT2D eigenvalue weighted by Gasteiger charge is -2.08. The van der Waals surface area contributed by atoms with Gasteiger partial charge in [0.2, 0.25) is 5.88 Å². The van der Waals surface area contributed by atoms with Gasteiger partial charge in [-0.15, -0.1) is 0 Å². The number of carboxylic acids is 1. The van der Waals surface area contributed by atoms with Crippen LogP contribution < -0.4 is 4.74 Å². The van der Waals surface area contributed by atoms with Gasteiger partial charge < -0.3 is 9.84 Å². The van der Waals surface area contributed by atoms with Crippen LogP contribution in [0.3, 0.4) is 0 Å². The second-order valence-corrected chi connectivity index (χ2v) is 4.67. The Balaban J connectivity index is 2.39. The fourth-order valence-electron chi connectivity index (χ4n) is 1.31. The van der Waals surface area contributed by atoms with Gasteiger partial charge in [0.15, 0.2) is 0 Å². The Morgan fingerprint density at radius 1 is 1.11 bits per heavy atom. The lowest BCUT2D eigenvalue weighted by atomic mass is 10.3. The maximum absolute atomic E-state index is 11.0. The summed E-state index contributed by atoms with van der Waals surface area (Å²) in [5, 5.41) is 9.81. The smallest absolute Gasteiger partial charge is 0.341 e. The van der Waals surface area contributed by atoms with Crippen molar-refractivity contribution in [1.82, 2.24) is 4.98 Å². The van der Waals surface area contributed by atoms with Gasteiger partial charge in [0, 0.05) is 6.07 Å². The monoisotopic (exact) mass is 317 g/mol. The minimum atomic E-state index is -1.17. The van der Waals surface area contributed by atoms with Gasteiger partial charge in [-0.05, 0) is 24.3 Å². The van der Waals surface area contributed by atoms with Crippen LogP contribution in [0.2, 0.25) is 15.2 Å². The van der Waals surface area contributed by atoms with Crippen LogP contribution in [0.15, 0.2) is 30.3 Å². The number of carboxylic acid groups (broad SMARTS) is 1. The summed E-state index contributed by atoms with van der Waals surface area (Å²) in [6, 6.07) is 7.21. The van der Waals surface area contributed by atoms with Crippen LogP contribution in [0.5, 0.6) is 11.6 Å². The van der Waals surface area contributed by atoms with E-state index in [1.54, 1.807) is 6.07 Å². The van der Waals surface area contributed by atoms with Crippen molar-refractivity contribution in [3.8, 4) is 11.6 Å². The zero-order valence-corrected chi connectivity index (χ0v) is 11.5. The van der Waals surface area contributed by atoms with Crippen molar-refractivity contribution < 1.29 is 14.6 Å². The van der Waals surface area contributed by atoms with E-state index in [0.717, 1.165) is 0 Å². The van der Waals surface area contributed by atoms with Crippen molar-refractivity contribution in [3.63, 3.8) is 0 Å². The number of nitrogens with zero attached hydrogens (tertiary/aromatic N) is 1. The Hall–Kier alpha value is -1.49. The number of carbonyl (C=O) groups is 1. The first-order chi connectivity index (χ1) is 8.97. The summed E-state index contributed by atoms with van der Waals surface area (Å²) in [5.74, 6) is -0.968. The second-order valence-electron chi connectivity index (χ2n) is 3.47. The van der Waals surface area contributed by atoms with Crippen molar-refractivity contribution in [2.75, 3.05) is 0 Å². The average Bonchev–Trinajstić information content (AvgIpc) is 2.33.